The number of hydrogen-bond donors (Lipinski definition) is 1. The van der Waals surface area contributed by atoms with Crippen molar-refractivity contribution in [2.75, 3.05) is 7.05 Å². The Balaban J connectivity index is 1.97. The fourth-order valence-electron chi connectivity index (χ4n) is 2.24. The summed E-state index contributed by atoms with van der Waals surface area (Å²) in [6.45, 7) is 4.67. The predicted molar refractivity (Wildman–Crippen MR) is 81.8 cm³/mol. The van der Waals surface area contributed by atoms with Crippen molar-refractivity contribution in [1.82, 2.24) is 10.3 Å². The van der Waals surface area contributed by atoms with Crippen LogP contribution in [0.3, 0.4) is 0 Å². The maximum Gasteiger partial charge on any atom is 0.130 e. The normalized spacial score (nSPS) is 12.2. The SMILES string of the molecule is CCC(NC)c1ccc(OCc2cccc(C)n2)cc1. The van der Waals surface area contributed by atoms with E-state index in [4.69, 9.17) is 4.74 Å². The maximum absolute atomic E-state index is 5.77. The topological polar surface area (TPSA) is 34.1 Å². The number of pyridine rings is 1. The molecule has 0 fully saturated rings. The summed E-state index contributed by atoms with van der Waals surface area (Å²) in [5.74, 6) is 0.878. The molecule has 0 saturated carbocycles. The molecule has 1 aromatic heterocycles. The van der Waals surface area contributed by atoms with Gasteiger partial charge in [0.1, 0.15) is 12.4 Å². The first-order chi connectivity index (χ1) is 9.72. The molecule has 0 saturated heterocycles. The summed E-state index contributed by atoms with van der Waals surface area (Å²) < 4.78 is 5.77. The summed E-state index contributed by atoms with van der Waals surface area (Å²) in [6.07, 6.45) is 1.07. The second-order valence-corrected chi connectivity index (χ2v) is 4.88. The van der Waals surface area contributed by atoms with Crippen molar-refractivity contribution in [2.24, 2.45) is 0 Å². The van der Waals surface area contributed by atoms with Crippen molar-refractivity contribution in [1.29, 1.82) is 0 Å². The minimum atomic E-state index is 0.405. The average molecular weight is 270 g/mol. The monoisotopic (exact) mass is 270 g/mol. The van der Waals surface area contributed by atoms with Crippen LogP contribution in [0.5, 0.6) is 5.75 Å². The third-order valence-electron chi connectivity index (χ3n) is 3.37. The smallest absolute Gasteiger partial charge is 0.130 e. The van der Waals surface area contributed by atoms with Gasteiger partial charge < -0.3 is 10.1 Å². The third-order valence-corrected chi connectivity index (χ3v) is 3.37. The summed E-state index contributed by atoms with van der Waals surface area (Å²) >= 11 is 0. The minimum absolute atomic E-state index is 0.405. The van der Waals surface area contributed by atoms with Crippen LogP contribution in [0.2, 0.25) is 0 Å². The van der Waals surface area contributed by atoms with Gasteiger partial charge in [0.05, 0.1) is 5.69 Å². The maximum atomic E-state index is 5.77. The lowest BCUT2D eigenvalue weighted by molar-refractivity contribution is 0.301. The molecule has 0 amide bonds. The number of aryl methyl sites for hydroxylation is 1. The molecule has 1 aromatic carbocycles. The molecule has 0 aliphatic carbocycles. The molecule has 1 heterocycles. The molecule has 0 bridgehead atoms. The van der Waals surface area contributed by atoms with Crippen LogP contribution in [0.1, 0.15) is 36.3 Å². The van der Waals surface area contributed by atoms with Gasteiger partial charge in [-0.2, -0.15) is 0 Å². The Morgan fingerprint density at radius 3 is 2.50 bits per heavy atom. The summed E-state index contributed by atoms with van der Waals surface area (Å²) in [4.78, 5) is 4.43. The summed E-state index contributed by atoms with van der Waals surface area (Å²) in [5, 5.41) is 3.30. The van der Waals surface area contributed by atoms with E-state index in [1.807, 2.05) is 44.3 Å². The molecule has 1 N–H and O–H groups in total. The van der Waals surface area contributed by atoms with E-state index in [9.17, 15) is 0 Å². The van der Waals surface area contributed by atoms with Crippen molar-refractivity contribution < 1.29 is 4.74 Å². The van der Waals surface area contributed by atoms with Gasteiger partial charge >= 0.3 is 0 Å². The Morgan fingerprint density at radius 2 is 1.90 bits per heavy atom. The first-order valence-corrected chi connectivity index (χ1v) is 7.05. The van der Waals surface area contributed by atoms with Crippen LogP contribution in [0.4, 0.5) is 0 Å². The van der Waals surface area contributed by atoms with E-state index in [-0.39, 0.29) is 0 Å². The van der Waals surface area contributed by atoms with Crippen molar-refractivity contribution in [3.8, 4) is 5.75 Å². The lowest BCUT2D eigenvalue weighted by Crippen LogP contribution is -2.14. The zero-order valence-corrected chi connectivity index (χ0v) is 12.4. The van der Waals surface area contributed by atoms with Gasteiger partial charge in [-0.15, -0.1) is 0 Å². The fraction of sp³-hybridized carbons (Fsp3) is 0.353. The predicted octanol–water partition coefficient (Wildman–Crippen LogP) is 3.64. The summed E-state index contributed by atoms with van der Waals surface area (Å²) in [5.41, 5.74) is 3.26. The van der Waals surface area contributed by atoms with Gasteiger partial charge in [-0.3, -0.25) is 4.98 Å². The molecule has 3 nitrogen and oxygen atoms in total. The van der Waals surface area contributed by atoms with Gasteiger partial charge in [-0.25, -0.2) is 0 Å². The molecule has 106 valence electrons. The Morgan fingerprint density at radius 1 is 1.15 bits per heavy atom. The molecule has 2 aromatic rings. The van der Waals surface area contributed by atoms with E-state index >= 15 is 0 Å². The molecular formula is C17H22N2O. The largest absolute Gasteiger partial charge is 0.487 e. The zero-order valence-electron chi connectivity index (χ0n) is 12.4. The molecule has 1 atom stereocenters. The van der Waals surface area contributed by atoms with Gasteiger partial charge in [0.15, 0.2) is 0 Å². The van der Waals surface area contributed by atoms with Gasteiger partial charge in [0.25, 0.3) is 0 Å². The van der Waals surface area contributed by atoms with E-state index in [1.54, 1.807) is 0 Å². The van der Waals surface area contributed by atoms with Crippen molar-refractivity contribution in [3.05, 3.63) is 59.4 Å². The van der Waals surface area contributed by atoms with Crippen LogP contribution in [-0.4, -0.2) is 12.0 Å². The van der Waals surface area contributed by atoms with Crippen LogP contribution in [0, 0.1) is 6.92 Å². The minimum Gasteiger partial charge on any atom is -0.487 e. The first-order valence-electron chi connectivity index (χ1n) is 7.05. The first kappa shape index (κ1) is 14.5. The van der Waals surface area contributed by atoms with Crippen LogP contribution < -0.4 is 10.1 Å². The van der Waals surface area contributed by atoms with Gasteiger partial charge in [0.2, 0.25) is 0 Å². The van der Waals surface area contributed by atoms with Gasteiger partial charge in [0, 0.05) is 11.7 Å². The highest BCUT2D eigenvalue weighted by atomic mass is 16.5. The number of benzene rings is 1. The number of ether oxygens (including phenoxy) is 1. The highest BCUT2D eigenvalue weighted by Crippen LogP contribution is 2.20. The fourth-order valence-corrected chi connectivity index (χ4v) is 2.24. The van der Waals surface area contributed by atoms with Crippen molar-refractivity contribution in [2.45, 2.75) is 32.9 Å². The second-order valence-electron chi connectivity index (χ2n) is 4.88. The molecule has 0 aliphatic rings. The Labute approximate surface area is 121 Å². The van der Waals surface area contributed by atoms with Crippen molar-refractivity contribution in [3.63, 3.8) is 0 Å². The lowest BCUT2D eigenvalue weighted by Gasteiger charge is -2.14. The zero-order chi connectivity index (χ0) is 14.4. The Bertz CT molecular complexity index is 533. The third kappa shape index (κ3) is 3.81. The van der Waals surface area contributed by atoms with E-state index in [2.05, 4.69) is 29.4 Å². The highest BCUT2D eigenvalue weighted by Gasteiger charge is 2.06. The standard InChI is InChI=1S/C17H22N2O/c1-4-17(18-3)14-8-10-16(11-9-14)20-12-15-7-5-6-13(2)19-15/h5-11,17-18H,4,12H2,1-3H3. The quantitative estimate of drug-likeness (QED) is 0.870. The lowest BCUT2D eigenvalue weighted by atomic mass is 10.1. The average Bonchev–Trinajstić information content (AvgIpc) is 2.48. The Kier molecular flexibility index (Phi) is 5.13. The number of aromatic nitrogens is 1. The molecule has 0 spiro atoms. The van der Waals surface area contributed by atoms with Gasteiger partial charge in [-0.1, -0.05) is 25.1 Å². The van der Waals surface area contributed by atoms with E-state index < -0.39 is 0 Å². The number of rotatable bonds is 6. The molecule has 1 unspecified atom stereocenters. The van der Waals surface area contributed by atoms with Crippen LogP contribution in [0.25, 0.3) is 0 Å². The molecule has 20 heavy (non-hydrogen) atoms. The number of nitrogens with one attached hydrogen (secondary N) is 1. The van der Waals surface area contributed by atoms with Crippen LogP contribution in [0.15, 0.2) is 42.5 Å². The number of hydrogen-bond acceptors (Lipinski definition) is 3. The van der Waals surface area contributed by atoms with E-state index in [1.165, 1.54) is 5.56 Å². The van der Waals surface area contributed by atoms with Crippen LogP contribution >= 0.6 is 0 Å². The summed E-state index contributed by atoms with van der Waals surface area (Å²) in [6, 6.07) is 14.6. The Hall–Kier alpha value is -1.87. The molecule has 2 rings (SSSR count). The van der Waals surface area contributed by atoms with Gasteiger partial charge in [-0.05, 0) is 50.2 Å². The number of nitrogens with zero attached hydrogens (tertiary/aromatic N) is 1. The summed E-state index contributed by atoms with van der Waals surface area (Å²) in [7, 11) is 1.99. The van der Waals surface area contributed by atoms with E-state index in [0.717, 1.165) is 23.6 Å². The highest BCUT2D eigenvalue weighted by molar-refractivity contribution is 5.29. The van der Waals surface area contributed by atoms with Crippen molar-refractivity contribution >= 4 is 0 Å². The molecule has 3 heteroatoms. The molecule has 0 aliphatic heterocycles. The van der Waals surface area contributed by atoms with Crippen LogP contribution in [-0.2, 0) is 6.61 Å². The van der Waals surface area contributed by atoms with E-state index in [0.29, 0.717) is 12.6 Å². The molecule has 0 radical (unpaired) electrons. The molecular weight excluding hydrogens is 248 g/mol. The second kappa shape index (κ2) is 7.06.